The lowest BCUT2D eigenvalue weighted by Crippen LogP contribution is -2.49. The van der Waals surface area contributed by atoms with Gasteiger partial charge in [-0.1, -0.05) is 38.3 Å². The highest BCUT2D eigenvalue weighted by atomic mass is 16.5. The smallest absolute Gasteiger partial charge is 0.0765 e. The lowest BCUT2D eigenvalue weighted by atomic mass is 9.52. The van der Waals surface area contributed by atoms with Crippen LogP contribution in [0.5, 0.6) is 0 Å². The van der Waals surface area contributed by atoms with Crippen LogP contribution < -0.4 is 5.32 Å². The van der Waals surface area contributed by atoms with Crippen molar-refractivity contribution in [3.63, 3.8) is 0 Å². The molecule has 0 aromatic rings. The molecular weight excluding hydrogens is 394 g/mol. The average Bonchev–Trinajstić information content (AvgIpc) is 3.24. The standard InChI is InChI=1S/C29H47NO2/c1-5-19-12-26-27(30-16-19)18(3)29(32-26)11-9-22-23-7-6-20-13-21(31)8-10-28(20,4)25(23)14-24(22)17(2)15-29/h18-23,25-27,30-31H,5-16H2,1-4H3/t18-,19+,20-,21+,22+,23+,25+,26-,27+,28+,29+/m1/s1. The first-order valence-corrected chi connectivity index (χ1v) is 14.1. The second kappa shape index (κ2) is 7.82. The molecule has 2 aliphatic heterocycles. The maximum atomic E-state index is 10.3. The molecule has 32 heavy (non-hydrogen) atoms. The molecule has 2 saturated heterocycles. The molecule has 6 aliphatic rings. The number of allylic oxidation sites excluding steroid dienone is 1. The Bertz CT molecular complexity index is 777. The molecule has 11 atom stereocenters. The minimum atomic E-state index is -0.0391. The molecule has 0 radical (unpaired) electrons. The number of aliphatic hydroxyl groups is 1. The Hall–Kier alpha value is -0.380. The van der Waals surface area contributed by atoms with E-state index in [1.165, 1.54) is 64.3 Å². The van der Waals surface area contributed by atoms with Gasteiger partial charge < -0.3 is 15.2 Å². The Kier molecular flexibility index (Phi) is 5.40. The lowest BCUT2D eigenvalue weighted by Gasteiger charge is -2.53. The number of rotatable bonds is 1. The second-order valence-electron chi connectivity index (χ2n) is 13.3. The van der Waals surface area contributed by atoms with Crippen LogP contribution >= 0.6 is 0 Å². The number of hydrogen-bond acceptors (Lipinski definition) is 3. The maximum Gasteiger partial charge on any atom is 0.0765 e. The summed E-state index contributed by atoms with van der Waals surface area (Å²) in [7, 11) is 0. The Labute approximate surface area is 196 Å². The van der Waals surface area contributed by atoms with E-state index in [0.717, 1.165) is 42.4 Å². The van der Waals surface area contributed by atoms with Crippen LogP contribution in [0.1, 0.15) is 98.3 Å². The summed E-state index contributed by atoms with van der Waals surface area (Å²) < 4.78 is 7.08. The van der Waals surface area contributed by atoms with Gasteiger partial charge in [0.2, 0.25) is 0 Å². The van der Waals surface area contributed by atoms with Gasteiger partial charge in [-0.25, -0.2) is 0 Å². The summed E-state index contributed by atoms with van der Waals surface area (Å²) in [6.45, 7) is 11.1. The SMILES string of the molecule is CC[C@@H]1CN[C@H]2[C@@H](C)[C@@]3(CC[C@@H]4C(=C(C)C3)C[C@H]3[C@H]4CC[C@@H]4C[C@@H](O)CC[C@@]43C)O[C@@H]2C1. The number of nitrogens with one attached hydrogen (secondary N) is 1. The van der Waals surface area contributed by atoms with Crippen molar-refractivity contribution in [2.24, 2.45) is 40.9 Å². The van der Waals surface area contributed by atoms with Gasteiger partial charge in [0, 0.05) is 12.0 Å². The van der Waals surface area contributed by atoms with Gasteiger partial charge >= 0.3 is 0 Å². The molecule has 2 heterocycles. The molecule has 0 amide bonds. The number of fused-ring (bicyclic) bond motifs is 6. The van der Waals surface area contributed by atoms with E-state index in [1.54, 1.807) is 5.57 Å². The van der Waals surface area contributed by atoms with E-state index in [4.69, 9.17) is 4.74 Å². The zero-order valence-corrected chi connectivity index (χ0v) is 21.0. The summed E-state index contributed by atoms with van der Waals surface area (Å²) in [5.41, 5.74) is 4.06. The third-order valence-electron chi connectivity index (χ3n) is 12.1. The first-order valence-electron chi connectivity index (χ1n) is 14.1. The maximum absolute atomic E-state index is 10.3. The van der Waals surface area contributed by atoms with E-state index in [-0.39, 0.29) is 11.7 Å². The summed E-state index contributed by atoms with van der Waals surface area (Å²) >= 11 is 0. The van der Waals surface area contributed by atoms with Gasteiger partial charge in [0.1, 0.15) is 0 Å². The highest BCUT2D eigenvalue weighted by molar-refractivity contribution is 5.29. The molecule has 1 spiro atoms. The molecule has 4 aliphatic carbocycles. The number of ether oxygens (including phenoxy) is 1. The van der Waals surface area contributed by atoms with Gasteiger partial charge in [-0.15, -0.1) is 0 Å². The van der Waals surface area contributed by atoms with Gasteiger partial charge in [0.15, 0.2) is 0 Å². The van der Waals surface area contributed by atoms with Crippen LogP contribution in [0.15, 0.2) is 11.1 Å². The van der Waals surface area contributed by atoms with E-state index < -0.39 is 0 Å². The monoisotopic (exact) mass is 441 g/mol. The van der Waals surface area contributed by atoms with Crippen LogP contribution in [0.3, 0.4) is 0 Å². The van der Waals surface area contributed by atoms with Crippen molar-refractivity contribution in [2.45, 2.75) is 122 Å². The fourth-order valence-electron chi connectivity index (χ4n) is 10.0. The average molecular weight is 442 g/mol. The largest absolute Gasteiger partial charge is 0.393 e. The zero-order chi connectivity index (χ0) is 22.3. The second-order valence-corrected chi connectivity index (χ2v) is 13.3. The van der Waals surface area contributed by atoms with Crippen LogP contribution in [0.2, 0.25) is 0 Å². The predicted molar refractivity (Wildman–Crippen MR) is 129 cm³/mol. The van der Waals surface area contributed by atoms with Gasteiger partial charge in [-0.2, -0.15) is 0 Å². The van der Waals surface area contributed by atoms with Crippen molar-refractivity contribution < 1.29 is 9.84 Å². The molecule has 5 fully saturated rings. The van der Waals surface area contributed by atoms with E-state index in [9.17, 15) is 5.11 Å². The van der Waals surface area contributed by atoms with Crippen LogP contribution in [-0.2, 0) is 4.74 Å². The van der Waals surface area contributed by atoms with Crippen molar-refractivity contribution >= 4 is 0 Å². The van der Waals surface area contributed by atoms with Crippen molar-refractivity contribution in [3.8, 4) is 0 Å². The predicted octanol–water partition coefficient (Wildman–Crippen LogP) is 5.86. The molecule has 0 bridgehead atoms. The molecule has 0 aromatic heterocycles. The van der Waals surface area contributed by atoms with Crippen molar-refractivity contribution in [1.29, 1.82) is 0 Å². The third kappa shape index (κ3) is 3.16. The quantitative estimate of drug-likeness (QED) is 0.501. The summed E-state index contributed by atoms with van der Waals surface area (Å²) in [6, 6.07) is 0.560. The molecule has 0 unspecified atom stereocenters. The first kappa shape index (κ1) is 22.1. The van der Waals surface area contributed by atoms with E-state index >= 15 is 0 Å². The van der Waals surface area contributed by atoms with Crippen molar-refractivity contribution in [3.05, 3.63) is 11.1 Å². The zero-order valence-electron chi connectivity index (χ0n) is 21.0. The van der Waals surface area contributed by atoms with Crippen LogP contribution in [0.4, 0.5) is 0 Å². The van der Waals surface area contributed by atoms with E-state index in [2.05, 4.69) is 33.0 Å². The number of piperidine rings is 1. The molecule has 3 saturated carbocycles. The normalized spacial score (nSPS) is 55.2. The summed E-state index contributed by atoms with van der Waals surface area (Å²) in [5.74, 6) is 4.69. The first-order chi connectivity index (χ1) is 15.3. The van der Waals surface area contributed by atoms with E-state index in [1.807, 2.05) is 5.57 Å². The summed E-state index contributed by atoms with van der Waals surface area (Å²) in [6.07, 6.45) is 14.1. The van der Waals surface area contributed by atoms with Crippen molar-refractivity contribution in [1.82, 2.24) is 5.32 Å². The van der Waals surface area contributed by atoms with Gasteiger partial charge in [0.25, 0.3) is 0 Å². The molecule has 180 valence electrons. The summed E-state index contributed by atoms with van der Waals surface area (Å²) in [4.78, 5) is 0. The van der Waals surface area contributed by atoms with Crippen LogP contribution in [0.25, 0.3) is 0 Å². The van der Waals surface area contributed by atoms with Crippen LogP contribution in [0, 0.1) is 40.9 Å². The highest BCUT2D eigenvalue weighted by Gasteiger charge is 2.59. The Balaban J connectivity index is 1.26. The fourth-order valence-corrected chi connectivity index (χ4v) is 10.0. The third-order valence-corrected chi connectivity index (χ3v) is 12.1. The molecule has 3 heteroatoms. The fraction of sp³-hybridized carbons (Fsp3) is 0.931. The lowest BCUT2D eigenvalue weighted by molar-refractivity contribution is -0.0800. The number of hydrogen-bond donors (Lipinski definition) is 2. The molecule has 2 N–H and O–H groups in total. The Morgan fingerprint density at radius 2 is 1.97 bits per heavy atom. The number of aliphatic hydroxyl groups excluding tert-OH is 1. The van der Waals surface area contributed by atoms with Gasteiger partial charge in [-0.05, 0) is 113 Å². The van der Waals surface area contributed by atoms with Gasteiger partial charge in [-0.3, -0.25) is 0 Å². The van der Waals surface area contributed by atoms with Crippen LogP contribution in [-0.4, -0.2) is 35.5 Å². The van der Waals surface area contributed by atoms with Gasteiger partial charge in [0.05, 0.1) is 17.8 Å². The topological polar surface area (TPSA) is 41.5 Å². The Morgan fingerprint density at radius 1 is 1.12 bits per heavy atom. The summed E-state index contributed by atoms with van der Waals surface area (Å²) in [5, 5.41) is 14.2. The minimum Gasteiger partial charge on any atom is -0.393 e. The molecule has 6 rings (SSSR count). The molecule has 0 aromatic carbocycles. The molecular formula is C29H47NO2. The van der Waals surface area contributed by atoms with Crippen molar-refractivity contribution in [2.75, 3.05) is 6.54 Å². The minimum absolute atomic E-state index is 0.0391. The molecule has 3 nitrogen and oxygen atoms in total. The van der Waals surface area contributed by atoms with E-state index in [0.29, 0.717) is 23.5 Å². The Morgan fingerprint density at radius 3 is 2.78 bits per heavy atom. The highest BCUT2D eigenvalue weighted by Crippen LogP contribution is 2.65.